The number of benzene rings is 2. The van der Waals surface area contributed by atoms with E-state index in [1.807, 2.05) is 0 Å². The largest absolute Gasteiger partial charge is 0.354 e. The molecular weight excluding hydrogens is 222 g/mol. The Hall–Kier alpha value is -2.41. The molecule has 0 aromatic heterocycles. The van der Waals surface area contributed by atoms with Crippen molar-refractivity contribution in [1.29, 1.82) is 5.26 Å². The van der Waals surface area contributed by atoms with Crippen LogP contribution in [-0.4, -0.2) is 0 Å². The van der Waals surface area contributed by atoms with E-state index in [1.54, 1.807) is 12.1 Å². The summed E-state index contributed by atoms with van der Waals surface area (Å²) in [5.74, 6) is -0.935. The van der Waals surface area contributed by atoms with Gasteiger partial charge in [0, 0.05) is 5.69 Å². The maximum Gasteiger partial charge on any atom is 0.143 e. The highest BCUT2D eigenvalue weighted by molar-refractivity contribution is 5.66. The van der Waals surface area contributed by atoms with Gasteiger partial charge in [0.05, 0.1) is 5.69 Å². The molecule has 0 aliphatic carbocycles. The maximum absolute atomic E-state index is 13.3. The molecule has 17 heavy (non-hydrogen) atoms. The molecule has 0 amide bonds. The van der Waals surface area contributed by atoms with E-state index >= 15 is 0 Å². The van der Waals surface area contributed by atoms with Crippen LogP contribution < -0.4 is 5.32 Å². The Balaban J connectivity index is 2.34. The second-order valence-corrected chi connectivity index (χ2v) is 3.41. The van der Waals surface area contributed by atoms with Gasteiger partial charge in [-0.25, -0.2) is 8.78 Å². The lowest BCUT2D eigenvalue weighted by Crippen LogP contribution is -1.95. The Morgan fingerprint density at radius 1 is 1.00 bits per heavy atom. The predicted octanol–water partition coefficient (Wildman–Crippen LogP) is 3.58. The fourth-order valence-electron chi connectivity index (χ4n) is 1.43. The predicted molar refractivity (Wildman–Crippen MR) is 60.8 cm³/mol. The van der Waals surface area contributed by atoms with E-state index in [-0.39, 0.29) is 11.4 Å². The molecule has 2 aromatic rings. The molecule has 0 heterocycles. The zero-order valence-corrected chi connectivity index (χ0v) is 8.74. The van der Waals surface area contributed by atoms with Gasteiger partial charge in [-0.2, -0.15) is 5.26 Å². The summed E-state index contributed by atoms with van der Waals surface area (Å²) in [5.41, 5.74) is 0.893. The van der Waals surface area contributed by atoms with E-state index in [1.165, 1.54) is 36.4 Å². The first-order valence-corrected chi connectivity index (χ1v) is 4.92. The minimum absolute atomic E-state index is 0.0585. The molecule has 2 rings (SSSR count). The Bertz CT molecular complexity index is 571. The molecule has 0 radical (unpaired) electrons. The van der Waals surface area contributed by atoms with E-state index in [0.717, 1.165) is 0 Å². The van der Waals surface area contributed by atoms with Crippen molar-refractivity contribution in [2.24, 2.45) is 0 Å². The average molecular weight is 230 g/mol. The molecule has 2 aromatic carbocycles. The van der Waals surface area contributed by atoms with Gasteiger partial charge in [-0.15, -0.1) is 0 Å². The van der Waals surface area contributed by atoms with Gasteiger partial charge in [0.15, 0.2) is 0 Å². The number of hydrogen-bond donors (Lipinski definition) is 1. The summed E-state index contributed by atoms with van der Waals surface area (Å²) in [5, 5.41) is 11.7. The van der Waals surface area contributed by atoms with Crippen molar-refractivity contribution in [3.63, 3.8) is 0 Å². The van der Waals surface area contributed by atoms with Crippen molar-refractivity contribution in [3.05, 3.63) is 59.7 Å². The van der Waals surface area contributed by atoms with Crippen molar-refractivity contribution in [1.82, 2.24) is 0 Å². The SMILES string of the molecule is N#Cc1c(F)cccc1Nc1ccc(F)cc1. The van der Waals surface area contributed by atoms with E-state index < -0.39 is 5.82 Å². The van der Waals surface area contributed by atoms with Gasteiger partial charge in [-0.1, -0.05) is 6.07 Å². The maximum atomic E-state index is 13.3. The van der Waals surface area contributed by atoms with Gasteiger partial charge in [-0.3, -0.25) is 0 Å². The molecule has 1 N–H and O–H groups in total. The summed E-state index contributed by atoms with van der Waals surface area (Å²) in [6, 6.07) is 11.7. The molecule has 0 aliphatic rings. The van der Waals surface area contributed by atoms with E-state index in [4.69, 9.17) is 5.26 Å². The van der Waals surface area contributed by atoms with E-state index in [0.29, 0.717) is 11.4 Å². The van der Waals surface area contributed by atoms with Crippen molar-refractivity contribution in [2.45, 2.75) is 0 Å². The molecule has 0 saturated carbocycles. The van der Waals surface area contributed by atoms with Crippen LogP contribution in [0.5, 0.6) is 0 Å². The Morgan fingerprint density at radius 3 is 2.35 bits per heavy atom. The van der Waals surface area contributed by atoms with Crippen LogP contribution in [-0.2, 0) is 0 Å². The number of nitrogens with one attached hydrogen (secondary N) is 1. The van der Waals surface area contributed by atoms with Crippen LogP contribution in [0.3, 0.4) is 0 Å². The molecule has 0 bridgehead atoms. The minimum Gasteiger partial charge on any atom is -0.354 e. The molecule has 0 aliphatic heterocycles. The van der Waals surface area contributed by atoms with E-state index in [9.17, 15) is 8.78 Å². The highest BCUT2D eigenvalue weighted by atomic mass is 19.1. The quantitative estimate of drug-likeness (QED) is 0.855. The number of rotatable bonds is 2. The van der Waals surface area contributed by atoms with Crippen molar-refractivity contribution >= 4 is 11.4 Å². The Morgan fingerprint density at radius 2 is 1.71 bits per heavy atom. The summed E-state index contributed by atoms with van der Waals surface area (Å²) in [4.78, 5) is 0. The number of nitriles is 1. The zero-order chi connectivity index (χ0) is 12.3. The first-order valence-electron chi connectivity index (χ1n) is 4.92. The number of halogens is 2. The van der Waals surface area contributed by atoms with Crippen molar-refractivity contribution < 1.29 is 8.78 Å². The molecule has 0 unspecified atom stereocenters. The van der Waals surface area contributed by atoms with Crippen LogP contribution in [0.2, 0.25) is 0 Å². The van der Waals surface area contributed by atoms with E-state index in [2.05, 4.69) is 5.32 Å². The third-order valence-corrected chi connectivity index (χ3v) is 2.25. The smallest absolute Gasteiger partial charge is 0.143 e. The van der Waals surface area contributed by atoms with Gasteiger partial charge in [0.25, 0.3) is 0 Å². The fraction of sp³-hybridized carbons (Fsp3) is 0. The lowest BCUT2D eigenvalue weighted by Gasteiger charge is -2.08. The second-order valence-electron chi connectivity index (χ2n) is 3.41. The molecule has 4 heteroatoms. The van der Waals surface area contributed by atoms with Gasteiger partial charge in [0.1, 0.15) is 23.3 Å². The van der Waals surface area contributed by atoms with Crippen molar-refractivity contribution in [2.75, 3.05) is 5.32 Å². The van der Waals surface area contributed by atoms with Crippen LogP contribution in [0.4, 0.5) is 20.2 Å². The normalized spacial score (nSPS) is 9.71. The third-order valence-electron chi connectivity index (χ3n) is 2.25. The summed E-state index contributed by atoms with van der Waals surface area (Å²) < 4.78 is 26.0. The van der Waals surface area contributed by atoms with Gasteiger partial charge >= 0.3 is 0 Å². The highest BCUT2D eigenvalue weighted by Crippen LogP contribution is 2.22. The fourth-order valence-corrected chi connectivity index (χ4v) is 1.43. The van der Waals surface area contributed by atoms with Crippen LogP contribution in [0.25, 0.3) is 0 Å². The average Bonchev–Trinajstić information content (AvgIpc) is 2.32. The molecule has 84 valence electrons. The third kappa shape index (κ3) is 2.40. The van der Waals surface area contributed by atoms with Gasteiger partial charge in [0.2, 0.25) is 0 Å². The molecule has 2 nitrogen and oxygen atoms in total. The van der Waals surface area contributed by atoms with Crippen LogP contribution in [0.1, 0.15) is 5.56 Å². The first-order chi connectivity index (χ1) is 8.20. The Labute approximate surface area is 97.1 Å². The summed E-state index contributed by atoms with van der Waals surface area (Å²) in [6.07, 6.45) is 0. The monoisotopic (exact) mass is 230 g/mol. The van der Waals surface area contributed by atoms with Crippen molar-refractivity contribution in [3.8, 4) is 6.07 Å². The number of hydrogen-bond acceptors (Lipinski definition) is 2. The standard InChI is InChI=1S/C13H8F2N2/c14-9-4-6-10(7-5-9)17-13-3-1-2-12(15)11(13)8-16/h1-7,17H. The second kappa shape index (κ2) is 4.62. The summed E-state index contributed by atoms with van der Waals surface area (Å²) >= 11 is 0. The lowest BCUT2D eigenvalue weighted by molar-refractivity contribution is 0.624. The van der Waals surface area contributed by atoms with Crippen LogP contribution in [0, 0.1) is 23.0 Å². The summed E-state index contributed by atoms with van der Waals surface area (Å²) in [7, 11) is 0. The molecule has 0 fully saturated rings. The lowest BCUT2D eigenvalue weighted by atomic mass is 10.1. The number of nitrogens with zero attached hydrogens (tertiary/aromatic N) is 1. The molecular formula is C13H8F2N2. The van der Waals surface area contributed by atoms with Crippen LogP contribution >= 0.6 is 0 Å². The molecule has 0 saturated heterocycles. The zero-order valence-electron chi connectivity index (χ0n) is 8.74. The highest BCUT2D eigenvalue weighted by Gasteiger charge is 2.07. The first kappa shape index (κ1) is 11.1. The number of anilines is 2. The minimum atomic E-state index is -0.584. The van der Waals surface area contributed by atoms with Gasteiger partial charge in [-0.05, 0) is 36.4 Å². The van der Waals surface area contributed by atoms with Crippen LogP contribution in [0.15, 0.2) is 42.5 Å². The summed E-state index contributed by atoms with van der Waals surface area (Å²) in [6.45, 7) is 0. The van der Waals surface area contributed by atoms with Gasteiger partial charge < -0.3 is 5.32 Å². The molecule has 0 spiro atoms. The topological polar surface area (TPSA) is 35.8 Å². The molecule has 0 atom stereocenters. The Kier molecular flexibility index (Phi) is 3.01.